The van der Waals surface area contributed by atoms with E-state index in [9.17, 15) is 9.90 Å². The Morgan fingerprint density at radius 3 is 2.77 bits per heavy atom. The van der Waals surface area contributed by atoms with Crippen LogP contribution in [0.2, 0.25) is 0 Å². The number of carboxylic acids is 1. The van der Waals surface area contributed by atoms with Crippen LogP contribution in [-0.4, -0.2) is 22.5 Å². The highest BCUT2D eigenvalue weighted by Gasteiger charge is 2.04. The molecule has 2 N–H and O–H groups in total. The summed E-state index contributed by atoms with van der Waals surface area (Å²) in [6.45, 7) is 0. The first-order valence-corrected chi connectivity index (χ1v) is 3.37. The minimum Gasteiger partial charge on any atom is -0.871 e. The molecule has 0 spiro atoms. The highest BCUT2D eigenvalue weighted by Crippen LogP contribution is 2.17. The first kappa shape index (κ1) is 9.05. The molecular formula is C8H6NO4-. The molecule has 0 aliphatic rings. The van der Waals surface area contributed by atoms with Gasteiger partial charge >= 0.3 is 5.97 Å². The standard InChI is InChI=1S/C8H7NO4/c10-7-5(4-9-13)2-1-3-6(7)8(11)12/h1-4,10,13H,(H,11,12)/p-1/b9-4-. The fraction of sp³-hybridized carbons (Fsp3) is 0. The number of hydrogen-bond donors (Lipinski definition) is 2. The van der Waals surface area contributed by atoms with Gasteiger partial charge in [-0.25, -0.2) is 4.79 Å². The third-order valence-electron chi connectivity index (χ3n) is 1.47. The second kappa shape index (κ2) is 3.57. The Hall–Kier alpha value is -2.04. The number of nitrogens with zero attached hydrogens (tertiary/aromatic N) is 1. The van der Waals surface area contributed by atoms with Crippen molar-refractivity contribution in [2.75, 3.05) is 0 Å². The van der Waals surface area contributed by atoms with Crippen molar-refractivity contribution < 1.29 is 20.2 Å². The summed E-state index contributed by atoms with van der Waals surface area (Å²) in [4.78, 5) is 10.5. The van der Waals surface area contributed by atoms with Gasteiger partial charge in [0.2, 0.25) is 0 Å². The second-order valence-corrected chi connectivity index (χ2v) is 2.27. The smallest absolute Gasteiger partial charge is 0.335 e. The van der Waals surface area contributed by atoms with Crippen LogP contribution in [-0.2, 0) is 0 Å². The van der Waals surface area contributed by atoms with Crippen molar-refractivity contribution in [2.45, 2.75) is 0 Å². The lowest BCUT2D eigenvalue weighted by Gasteiger charge is -2.12. The van der Waals surface area contributed by atoms with Gasteiger partial charge in [-0.05, 0) is 11.6 Å². The molecule has 0 radical (unpaired) electrons. The lowest BCUT2D eigenvalue weighted by molar-refractivity contribution is -0.269. The SMILES string of the molecule is O=C(O)c1cccc(/C=N\O)c1[O-]. The lowest BCUT2D eigenvalue weighted by Crippen LogP contribution is -2.06. The van der Waals surface area contributed by atoms with Gasteiger partial charge in [0.15, 0.2) is 0 Å². The van der Waals surface area contributed by atoms with Crippen LogP contribution in [0.15, 0.2) is 23.4 Å². The molecule has 5 nitrogen and oxygen atoms in total. The maximum Gasteiger partial charge on any atom is 0.335 e. The fourth-order valence-corrected chi connectivity index (χ4v) is 0.887. The maximum absolute atomic E-state index is 11.2. The molecule has 0 bridgehead atoms. The van der Waals surface area contributed by atoms with Crippen LogP contribution >= 0.6 is 0 Å². The van der Waals surface area contributed by atoms with E-state index < -0.39 is 11.7 Å². The third-order valence-corrected chi connectivity index (χ3v) is 1.47. The van der Waals surface area contributed by atoms with Gasteiger partial charge < -0.3 is 15.4 Å². The molecule has 0 unspecified atom stereocenters. The van der Waals surface area contributed by atoms with E-state index in [2.05, 4.69) is 5.16 Å². The molecule has 0 atom stereocenters. The third kappa shape index (κ3) is 1.76. The molecule has 68 valence electrons. The second-order valence-electron chi connectivity index (χ2n) is 2.27. The zero-order valence-corrected chi connectivity index (χ0v) is 6.47. The fourth-order valence-electron chi connectivity index (χ4n) is 0.887. The van der Waals surface area contributed by atoms with Crippen molar-refractivity contribution in [3.8, 4) is 5.75 Å². The molecule has 0 aliphatic heterocycles. The highest BCUT2D eigenvalue weighted by atomic mass is 16.4. The minimum absolute atomic E-state index is 0.0439. The van der Waals surface area contributed by atoms with Crippen molar-refractivity contribution in [1.82, 2.24) is 0 Å². The highest BCUT2D eigenvalue weighted by molar-refractivity contribution is 5.95. The molecule has 0 amide bonds. The van der Waals surface area contributed by atoms with Gasteiger partial charge in [-0.2, -0.15) is 0 Å². The summed E-state index contributed by atoms with van der Waals surface area (Å²) in [5, 5.41) is 30.6. The Kier molecular flexibility index (Phi) is 2.49. The Balaban J connectivity index is 3.26. The zero-order valence-electron chi connectivity index (χ0n) is 6.47. The number of benzene rings is 1. The number of rotatable bonds is 2. The van der Waals surface area contributed by atoms with Crippen molar-refractivity contribution in [2.24, 2.45) is 5.16 Å². The largest absolute Gasteiger partial charge is 0.871 e. The van der Waals surface area contributed by atoms with E-state index in [1.54, 1.807) is 0 Å². The predicted octanol–water partition coefficient (Wildman–Crippen LogP) is 0.266. The predicted molar refractivity (Wildman–Crippen MR) is 42.2 cm³/mol. The number of oxime groups is 1. The number of carboxylic acid groups (broad SMARTS) is 1. The van der Waals surface area contributed by atoms with Crippen LogP contribution in [0.5, 0.6) is 5.75 Å². The van der Waals surface area contributed by atoms with Gasteiger partial charge in [0.1, 0.15) is 0 Å². The van der Waals surface area contributed by atoms with Crippen LogP contribution in [0, 0.1) is 0 Å². The summed E-state index contributed by atoms with van der Waals surface area (Å²) in [5.74, 6) is -1.95. The minimum atomic E-state index is -1.29. The number of aromatic carboxylic acids is 1. The number of hydrogen-bond acceptors (Lipinski definition) is 4. The maximum atomic E-state index is 11.2. The monoisotopic (exact) mass is 180 g/mol. The first-order valence-electron chi connectivity index (χ1n) is 3.37. The summed E-state index contributed by atoms with van der Waals surface area (Å²) < 4.78 is 0. The number of carbonyl (C=O) groups is 1. The van der Waals surface area contributed by atoms with Crippen molar-refractivity contribution in [3.05, 3.63) is 29.3 Å². The van der Waals surface area contributed by atoms with Crippen LogP contribution in [0.25, 0.3) is 0 Å². The van der Waals surface area contributed by atoms with Crippen LogP contribution in [0.3, 0.4) is 0 Å². The van der Waals surface area contributed by atoms with Gasteiger partial charge in [0, 0.05) is 0 Å². The molecule has 0 saturated heterocycles. The van der Waals surface area contributed by atoms with Crippen molar-refractivity contribution >= 4 is 12.2 Å². The Bertz CT molecular complexity index is 359. The normalized spacial score (nSPS) is 10.5. The first-order chi connectivity index (χ1) is 6.16. The summed E-state index contributed by atoms with van der Waals surface area (Å²) in [6.07, 6.45) is 0.898. The van der Waals surface area contributed by atoms with Gasteiger partial charge in [-0.3, -0.25) is 0 Å². The van der Waals surface area contributed by atoms with Crippen molar-refractivity contribution in [3.63, 3.8) is 0 Å². The molecule has 13 heavy (non-hydrogen) atoms. The Morgan fingerprint density at radius 2 is 2.23 bits per heavy atom. The molecule has 0 aromatic heterocycles. The molecule has 1 aromatic carbocycles. The summed E-state index contributed by atoms with van der Waals surface area (Å²) in [6, 6.07) is 3.97. The average molecular weight is 180 g/mol. The molecule has 5 heteroatoms. The molecule has 0 saturated carbocycles. The van der Waals surface area contributed by atoms with Gasteiger partial charge in [-0.1, -0.05) is 23.0 Å². The Morgan fingerprint density at radius 1 is 1.54 bits per heavy atom. The van der Waals surface area contributed by atoms with Gasteiger partial charge in [-0.15, -0.1) is 0 Å². The van der Waals surface area contributed by atoms with E-state index in [4.69, 9.17) is 10.3 Å². The van der Waals surface area contributed by atoms with E-state index >= 15 is 0 Å². The van der Waals surface area contributed by atoms with Crippen LogP contribution in [0.4, 0.5) is 0 Å². The molecule has 1 rings (SSSR count). The van der Waals surface area contributed by atoms with E-state index in [0.29, 0.717) is 0 Å². The van der Waals surface area contributed by atoms with Gasteiger partial charge in [0.05, 0.1) is 11.8 Å². The number of para-hydroxylation sites is 1. The molecule has 0 fully saturated rings. The van der Waals surface area contributed by atoms with E-state index in [1.807, 2.05) is 0 Å². The van der Waals surface area contributed by atoms with E-state index in [0.717, 1.165) is 6.21 Å². The summed E-state index contributed by atoms with van der Waals surface area (Å²) >= 11 is 0. The molecule has 1 aromatic rings. The van der Waals surface area contributed by atoms with E-state index in [1.165, 1.54) is 18.2 Å². The summed E-state index contributed by atoms with van der Waals surface area (Å²) in [7, 11) is 0. The Labute approximate surface area is 73.6 Å². The lowest BCUT2D eigenvalue weighted by atomic mass is 10.1. The van der Waals surface area contributed by atoms with Crippen LogP contribution in [0.1, 0.15) is 15.9 Å². The topological polar surface area (TPSA) is 93.0 Å². The molecule has 0 heterocycles. The molecule has 0 aliphatic carbocycles. The van der Waals surface area contributed by atoms with Crippen LogP contribution < -0.4 is 5.11 Å². The quantitative estimate of drug-likeness (QED) is 0.388. The average Bonchev–Trinajstić information content (AvgIpc) is 2.08. The summed E-state index contributed by atoms with van der Waals surface area (Å²) in [5.41, 5.74) is -0.292. The zero-order chi connectivity index (χ0) is 9.84. The van der Waals surface area contributed by atoms with E-state index in [-0.39, 0.29) is 11.1 Å². The molecular weight excluding hydrogens is 174 g/mol. The van der Waals surface area contributed by atoms with Gasteiger partial charge in [0.25, 0.3) is 0 Å². The van der Waals surface area contributed by atoms with Crippen molar-refractivity contribution in [1.29, 1.82) is 0 Å².